The number of nitrogens with one attached hydrogen (secondary N) is 1. The van der Waals surface area contributed by atoms with Gasteiger partial charge in [0.1, 0.15) is 5.82 Å². The molecule has 1 aliphatic heterocycles. The standard InChI is InChI=1S/C22H20FN3O3/c23-16-5-3-15(4-6-16)19-14-24-21(29-19)12-11-20(27)25-17-7-9-18(10-8-17)26-13-1-2-22(26)28/h3-10,14H,1-2,11-13H2,(H,25,27). The molecule has 2 amide bonds. The van der Waals surface area contributed by atoms with E-state index in [1.54, 1.807) is 35.4 Å². The van der Waals surface area contributed by atoms with Crippen LogP contribution in [0.1, 0.15) is 25.2 Å². The summed E-state index contributed by atoms with van der Waals surface area (Å²) in [5, 5.41) is 2.83. The van der Waals surface area contributed by atoms with E-state index in [0.29, 0.717) is 30.2 Å². The van der Waals surface area contributed by atoms with E-state index < -0.39 is 0 Å². The zero-order valence-electron chi connectivity index (χ0n) is 15.7. The third-order valence-electron chi connectivity index (χ3n) is 4.78. The summed E-state index contributed by atoms with van der Waals surface area (Å²) < 4.78 is 18.6. The van der Waals surface area contributed by atoms with E-state index in [1.165, 1.54) is 12.1 Å². The van der Waals surface area contributed by atoms with Gasteiger partial charge in [0.05, 0.1) is 6.20 Å². The number of benzene rings is 2. The van der Waals surface area contributed by atoms with E-state index in [-0.39, 0.29) is 24.1 Å². The zero-order valence-corrected chi connectivity index (χ0v) is 15.7. The van der Waals surface area contributed by atoms with Gasteiger partial charge in [0, 0.05) is 42.7 Å². The van der Waals surface area contributed by atoms with Crippen LogP contribution in [-0.4, -0.2) is 23.3 Å². The smallest absolute Gasteiger partial charge is 0.227 e. The molecule has 0 aliphatic carbocycles. The number of aryl methyl sites for hydroxylation is 1. The Morgan fingerprint density at radius 1 is 1.14 bits per heavy atom. The molecule has 2 heterocycles. The van der Waals surface area contributed by atoms with Crippen LogP contribution in [0.2, 0.25) is 0 Å². The third kappa shape index (κ3) is 4.51. The lowest BCUT2D eigenvalue weighted by molar-refractivity contribution is -0.117. The molecule has 4 rings (SSSR count). The van der Waals surface area contributed by atoms with Crippen molar-refractivity contribution in [2.45, 2.75) is 25.7 Å². The number of hydrogen-bond acceptors (Lipinski definition) is 4. The van der Waals surface area contributed by atoms with Gasteiger partial charge in [-0.05, 0) is 55.0 Å². The molecule has 3 aromatic rings. The van der Waals surface area contributed by atoms with Gasteiger partial charge in [-0.1, -0.05) is 0 Å². The van der Waals surface area contributed by atoms with Crippen molar-refractivity contribution in [3.8, 4) is 11.3 Å². The molecule has 1 saturated heterocycles. The second-order valence-corrected chi connectivity index (χ2v) is 6.87. The average molecular weight is 393 g/mol. The van der Waals surface area contributed by atoms with Crippen LogP contribution in [0, 0.1) is 5.82 Å². The molecule has 1 fully saturated rings. The van der Waals surface area contributed by atoms with Crippen molar-refractivity contribution >= 4 is 23.2 Å². The monoisotopic (exact) mass is 393 g/mol. The maximum absolute atomic E-state index is 13.0. The van der Waals surface area contributed by atoms with Crippen LogP contribution in [0.4, 0.5) is 15.8 Å². The largest absolute Gasteiger partial charge is 0.441 e. The van der Waals surface area contributed by atoms with Gasteiger partial charge in [0.25, 0.3) is 0 Å². The van der Waals surface area contributed by atoms with Crippen molar-refractivity contribution in [2.75, 3.05) is 16.8 Å². The number of halogens is 1. The summed E-state index contributed by atoms with van der Waals surface area (Å²) in [5.41, 5.74) is 2.24. The Morgan fingerprint density at radius 2 is 1.90 bits per heavy atom. The van der Waals surface area contributed by atoms with Crippen molar-refractivity contribution < 1.29 is 18.4 Å². The predicted octanol–water partition coefficient (Wildman–Crippen LogP) is 4.18. The van der Waals surface area contributed by atoms with Gasteiger partial charge >= 0.3 is 0 Å². The second kappa shape index (κ2) is 8.26. The fraction of sp³-hybridized carbons (Fsp3) is 0.227. The van der Waals surface area contributed by atoms with Crippen LogP contribution in [0.3, 0.4) is 0 Å². The average Bonchev–Trinajstić information content (AvgIpc) is 3.37. The molecule has 29 heavy (non-hydrogen) atoms. The number of oxazole rings is 1. The van der Waals surface area contributed by atoms with Crippen LogP contribution in [-0.2, 0) is 16.0 Å². The van der Waals surface area contributed by atoms with Crippen molar-refractivity contribution in [1.29, 1.82) is 0 Å². The van der Waals surface area contributed by atoms with Crippen LogP contribution < -0.4 is 10.2 Å². The lowest BCUT2D eigenvalue weighted by Gasteiger charge is -2.16. The number of nitrogens with zero attached hydrogens (tertiary/aromatic N) is 2. The molecule has 0 unspecified atom stereocenters. The SMILES string of the molecule is O=C(CCc1ncc(-c2ccc(F)cc2)o1)Nc1ccc(N2CCCC2=O)cc1. The van der Waals surface area contributed by atoms with Crippen LogP contribution in [0.15, 0.2) is 59.1 Å². The Kier molecular flexibility index (Phi) is 5.37. The van der Waals surface area contributed by atoms with Crippen molar-refractivity contribution in [1.82, 2.24) is 4.98 Å². The molecule has 0 radical (unpaired) electrons. The summed E-state index contributed by atoms with van der Waals surface area (Å²) in [6.07, 6.45) is 3.60. The number of carbonyl (C=O) groups is 2. The van der Waals surface area contributed by atoms with Gasteiger partial charge < -0.3 is 14.6 Å². The molecule has 7 heteroatoms. The fourth-order valence-electron chi connectivity index (χ4n) is 3.26. The van der Waals surface area contributed by atoms with Crippen LogP contribution in [0.25, 0.3) is 11.3 Å². The minimum absolute atomic E-state index is 0.132. The Hall–Kier alpha value is -3.48. The molecule has 0 atom stereocenters. The molecule has 1 aliphatic rings. The van der Waals surface area contributed by atoms with Gasteiger partial charge in [0.15, 0.2) is 11.7 Å². The molecule has 2 aromatic carbocycles. The van der Waals surface area contributed by atoms with E-state index in [1.807, 2.05) is 12.1 Å². The normalized spacial score (nSPS) is 13.7. The molecule has 0 bridgehead atoms. The number of anilines is 2. The highest BCUT2D eigenvalue weighted by Gasteiger charge is 2.21. The molecule has 1 aromatic heterocycles. The summed E-state index contributed by atoms with van der Waals surface area (Å²) >= 11 is 0. The van der Waals surface area contributed by atoms with Crippen molar-refractivity contribution in [2.24, 2.45) is 0 Å². The first kappa shape index (κ1) is 18.9. The predicted molar refractivity (Wildman–Crippen MR) is 107 cm³/mol. The minimum Gasteiger partial charge on any atom is -0.441 e. The fourth-order valence-corrected chi connectivity index (χ4v) is 3.26. The summed E-state index contributed by atoms with van der Waals surface area (Å²) in [6, 6.07) is 13.2. The summed E-state index contributed by atoms with van der Waals surface area (Å²) in [7, 11) is 0. The molecule has 6 nitrogen and oxygen atoms in total. The summed E-state index contributed by atoms with van der Waals surface area (Å²) in [5.74, 6) is 0.643. The van der Waals surface area contributed by atoms with Gasteiger partial charge in [-0.15, -0.1) is 0 Å². The summed E-state index contributed by atoms with van der Waals surface area (Å²) in [4.78, 5) is 29.9. The molecule has 0 spiro atoms. The molecule has 148 valence electrons. The van der Waals surface area contributed by atoms with E-state index in [4.69, 9.17) is 4.42 Å². The van der Waals surface area contributed by atoms with E-state index >= 15 is 0 Å². The van der Waals surface area contributed by atoms with Crippen molar-refractivity contribution in [3.05, 3.63) is 66.4 Å². The lowest BCUT2D eigenvalue weighted by Crippen LogP contribution is -2.23. The number of amides is 2. The number of carbonyl (C=O) groups excluding carboxylic acids is 2. The van der Waals surface area contributed by atoms with Gasteiger partial charge in [-0.3, -0.25) is 9.59 Å². The molecule has 0 saturated carbocycles. The van der Waals surface area contributed by atoms with Gasteiger partial charge in [0.2, 0.25) is 11.8 Å². The molecular formula is C22H20FN3O3. The Morgan fingerprint density at radius 3 is 2.59 bits per heavy atom. The van der Waals surface area contributed by atoms with E-state index in [2.05, 4.69) is 10.3 Å². The van der Waals surface area contributed by atoms with Crippen molar-refractivity contribution in [3.63, 3.8) is 0 Å². The second-order valence-electron chi connectivity index (χ2n) is 6.87. The van der Waals surface area contributed by atoms with Gasteiger partial charge in [-0.2, -0.15) is 0 Å². The first-order chi connectivity index (χ1) is 14.1. The first-order valence-corrected chi connectivity index (χ1v) is 9.49. The van der Waals surface area contributed by atoms with Crippen LogP contribution >= 0.6 is 0 Å². The molecular weight excluding hydrogens is 373 g/mol. The van der Waals surface area contributed by atoms with Gasteiger partial charge in [-0.25, -0.2) is 9.37 Å². The van der Waals surface area contributed by atoms with Crippen LogP contribution in [0.5, 0.6) is 0 Å². The van der Waals surface area contributed by atoms with E-state index in [0.717, 1.165) is 24.2 Å². The maximum Gasteiger partial charge on any atom is 0.227 e. The Bertz CT molecular complexity index is 1010. The lowest BCUT2D eigenvalue weighted by atomic mass is 10.2. The Labute approximate surface area is 167 Å². The number of rotatable bonds is 6. The zero-order chi connectivity index (χ0) is 20.2. The maximum atomic E-state index is 13.0. The third-order valence-corrected chi connectivity index (χ3v) is 4.78. The highest BCUT2D eigenvalue weighted by atomic mass is 19.1. The minimum atomic E-state index is -0.315. The summed E-state index contributed by atoms with van der Waals surface area (Å²) in [6.45, 7) is 0.737. The molecule has 1 N–H and O–H groups in total. The van der Waals surface area contributed by atoms with E-state index in [9.17, 15) is 14.0 Å². The Balaban J connectivity index is 1.30. The highest BCUT2D eigenvalue weighted by molar-refractivity contribution is 5.96. The quantitative estimate of drug-likeness (QED) is 0.682. The topological polar surface area (TPSA) is 75.4 Å². The number of hydrogen-bond donors (Lipinski definition) is 1. The highest BCUT2D eigenvalue weighted by Crippen LogP contribution is 2.24. The first-order valence-electron chi connectivity index (χ1n) is 9.49. The number of aromatic nitrogens is 1.